The molecule has 2 saturated heterocycles. The molecule has 7 nitrogen and oxygen atoms in total. The van der Waals surface area contributed by atoms with E-state index in [1.165, 1.54) is 6.07 Å². The Bertz CT molecular complexity index is 1160. The van der Waals surface area contributed by atoms with Gasteiger partial charge in [-0.2, -0.15) is 0 Å². The molecule has 1 unspecified atom stereocenters. The maximum absolute atomic E-state index is 15.1. The summed E-state index contributed by atoms with van der Waals surface area (Å²) in [5.41, 5.74) is 2.74. The second-order valence-electron chi connectivity index (χ2n) is 11.6. The molecule has 1 N–H and O–H groups in total. The van der Waals surface area contributed by atoms with Gasteiger partial charge in [0.1, 0.15) is 11.6 Å². The average molecular weight is 551 g/mol. The lowest BCUT2D eigenvalue weighted by Crippen LogP contribution is -2.42. The van der Waals surface area contributed by atoms with E-state index in [-0.39, 0.29) is 24.2 Å². The van der Waals surface area contributed by atoms with Crippen molar-refractivity contribution in [3.05, 3.63) is 53.6 Å². The van der Waals surface area contributed by atoms with Gasteiger partial charge in [0, 0.05) is 62.7 Å². The minimum atomic E-state index is -0.262. The number of rotatable bonds is 9. The predicted octanol–water partition coefficient (Wildman–Crippen LogP) is 5.28. The van der Waals surface area contributed by atoms with Gasteiger partial charge in [-0.15, -0.1) is 0 Å². The van der Waals surface area contributed by atoms with Crippen LogP contribution in [0.2, 0.25) is 0 Å². The zero-order valence-electron chi connectivity index (χ0n) is 23.7. The smallest absolute Gasteiger partial charge is 0.226 e. The Morgan fingerprint density at radius 1 is 1.05 bits per heavy atom. The van der Waals surface area contributed by atoms with Crippen LogP contribution in [0.1, 0.15) is 69.4 Å². The molecule has 216 valence electrons. The van der Waals surface area contributed by atoms with Crippen LogP contribution in [0, 0.1) is 23.6 Å². The number of allylic oxidation sites excluding steroid dienone is 2. The van der Waals surface area contributed by atoms with Gasteiger partial charge in [0.25, 0.3) is 0 Å². The number of anilines is 1. The van der Waals surface area contributed by atoms with Crippen molar-refractivity contribution in [1.29, 1.82) is 0 Å². The largest absolute Gasteiger partial charge is 0.493 e. The number of halogens is 1. The van der Waals surface area contributed by atoms with Crippen molar-refractivity contribution in [3.8, 4) is 5.75 Å². The number of amides is 1. The normalized spacial score (nSPS) is 20.9. The van der Waals surface area contributed by atoms with E-state index in [4.69, 9.17) is 9.84 Å². The summed E-state index contributed by atoms with van der Waals surface area (Å²) in [7, 11) is 0. The van der Waals surface area contributed by atoms with Crippen LogP contribution in [0.4, 0.5) is 10.3 Å². The summed E-state index contributed by atoms with van der Waals surface area (Å²) in [4.78, 5) is 26.3. The number of aromatic nitrogens is 2. The first-order valence-electron chi connectivity index (χ1n) is 15.1. The number of hydrogen-bond donors (Lipinski definition) is 1. The average Bonchev–Trinajstić information content (AvgIpc) is 3.01. The lowest BCUT2D eigenvalue weighted by molar-refractivity contribution is -0.137. The number of aliphatic hydroxyl groups excluding tert-OH is 1. The van der Waals surface area contributed by atoms with Gasteiger partial charge in [0.2, 0.25) is 11.9 Å². The Balaban J connectivity index is 1.08. The van der Waals surface area contributed by atoms with Gasteiger partial charge in [0.05, 0.1) is 6.61 Å². The Morgan fingerprint density at radius 3 is 2.40 bits per heavy atom. The third-order valence-corrected chi connectivity index (χ3v) is 8.99. The first kappa shape index (κ1) is 28.5. The van der Waals surface area contributed by atoms with E-state index >= 15 is 4.39 Å². The molecule has 1 amide bonds. The van der Waals surface area contributed by atoms with Crippen molar-refractivity contribution < 1.29 is 19.0 Å². The highest BCUT2D eigenvalue weighted by atomic mass is 19.1. The first-order valence-corrected chi connectivity index (χ1v) is 15.1. The molecule has 2 aliphatic heterocycles. The maximum atomic E-state index is 15.1. The van der Waals surface area contributed by atoms with Crippen molar-refractivity contribution in [1.82, 2.24) is 14.9 Å². The summed E-state index contributed by atoms with van der Waals surface area (Å²) in [6.07, 6.45) is 13.7. The molecule has 3 heterocycles. The van der Waals surface area contributed by atoms with Crippen LogP contribution >= 0.6 is 0 Å². The number of benzene rings is 1. The number of likely N-dealkylation sites (tertiary alicyclic amines) is 1. The number of nitrogens with zero attached hydrogens (tertiary/aromatic N) is 4. The van der Waals surface area contributed by atoms with Gasteiger partial charge in [-0.25, -0.2) is 14.4 Å². The molecule has 3 aliphatic rings. The molecule has 5 rings (SSSR count). The van der Waals surface area contributed by atoms with Crippen molar-refractivity contribution in [2.24, 2.45) is 17.8 Å². The zero-order valence-corrected chi connectivity index (χ0v) is 23.7. The molecule has 1 atom stereocenters. The second-order valence-corrected chi connectivity index (χ2v) is 11.6. The molecule has 0 radical (unpaired) electrons. The second kappa shape index (κ2) is 13.6. The third-order valence-electron chi connectivity index (χ3n) is 8.99. The highest BCUT2D eigenvalue weighted by molar-refractivity contribution is 5.81. The summed E-state index contributed by atoms with van der Waals surface area (Å²) in [6.45, 7) is 6.26. The number of aliphatic hydroxyl groups is 1. The topological polar surface area (TPSA) is 78.8 Å². The molecule has 1 aliphatic carbocycles. The Hall–Kier alpha value is -3.00. The van der Waals surface area contributed by atoms with Gasteiger partial charge in [-0.1, -0.05) is 13.0 Å². The van der Waals surface area contributed by atoms with E-state index in [9.17, 15) is 4.79 Å². The van der Waals surface area contributed by atoms with Crippen LogP contribution in [0.25, 0.3) is 5.57 Å². The molecule has 1 aromatic heterocycles. The van der Waals surface area contributed by atoms with Crippen LogP contribution in [-0.4, -0.2) is 65.3 Å². The molecule has 0 saturated carbocycles. The molecular formula is C32H43FN4O3. The Morgan fingerprint density at radius 2 is 1.77 bits per heavy atom. The monoisotopic (exact) mass is 550 g/mol. The summed E-state index contributed by atoms with van der Waals surface area (Å²) < 4.78 is 21.1. The highest BCUT2D eigenvalue weighted by Gasteiger charge is 2.30. The van der Waals surface area contributed by atoms with Crippen LogP contribution in [0.3, 0.4) is 0 Å². The molecule has 0 bridgehead atoms. The van der Waals surface area contributed by atoms with Crippen molar-refractivity contribution in [3.63, 3.8) is 0 Å². The number of aryl methyl sites for hydroxylation is 1. The predicted molar refractivity (Wildman–Crippen MR) is 155 cm³/mol. The van der Waals surface area contributed by atoms with Crippen LogP contribution in [-0.2, 0) is 11.2 Å². The highest BCUT2D eigenvalue weighted by Crippen LogP contribution is 2.34. The van der Waals surface area contributed by atoms with E-state index < -0.39 is 0 Å². The summed E-state index contributed by atoms with van der Waals surface area (Å²) >= 11 is 0. The lowest BCUT2D eigenvalue weighted by Gasteiger charge is -2.35. The number of ether oxygens (including phenoxy) is 1. The molecule has 40 heavy (non-hydrogen) atoms. The Kier molecular flexibility index (Phi) is 9.68. The molecule has 2 fully saturated rings. The first-order chi connectivity index (χ1) is 19.5. The molecular weight excluding hydrogens is 507 g/mol. The van der Waals surface area contributed by atoms with Gasteiger partial charge in [-0.3, -0.25) is 4.79 Å². The molecule has 2 aromatic rings. The van der Waals surface area contributed by atoms with Crippen LogP contribution < -0.4 is 9.64 Å². The van der Waals surface area contributed by atoms with Gasteiger partial charge in [-0.05, 0) is 92.9 Å². The molecule has 8 heteroatoms. The van der Waals surface area contributed by atoms with Gasteiger partial charge < -0.3 is 19.6 Å². The van der Waals surface area contributed by atoms with Crippen LogP contribution in [0.5, 0.6) is 5.75 Å². The van der Waals surface area contributed by atoms with Crippen LogP contribution in [0.15, 0.2) is 36.7 Å². The SMILES string of the molecule is CCc1cnc(N2CCC(COc3ccc(C4=CCC(C(=O)N5CCC(CCO)CC5)CC4)c(F)c3)CC2)nc1. The van der Waals surface area contributed by atoms with E-state index in [1.54, 1.807) is 0 Å². The van der Waals surface area contributed by atoms with E-state index in [1.807, 2.05) is 29.4 Å². The maximum Gasteiger partial charge on any atom is 0.226 e. The molecule has 0 spiro atoms. The van der Waals surface area contributed by atoms with Gasteiger partial charge in [0.15, 0.2) is 0 Å². The number of hydrogen-bond acceptors (Lipinski definition) is 6. The third kappa shape index (κ3) is 7.00. The Labute approximate surface area is 237 Å². The summed E-state index contributed by atoms with van der Waals surface area (Å²) in [5.74, 6) is 2.26. The number of carbonyl (C=O) groups excluding carboxylic acids is 1. The summed E-state index contributed by atoms with van der Waals surface area (Å²) in [6, 6.07) is 5.19. The minimum Gasteiger partial charge on any atom is -0.493 e. The van der Waals surface area contributed by atoms with Crippen molar-refractivity contribution in [2.45, 2.75) is 64.7 Å². The number of carbonyl (C=O) groups is 1. The standard InChI is InChI=1S/C32H43FN4O3/c1-2-23-20-34-32(35-21-23)37-16-11-25(12-17-37)22-40-28-7-8-29(30(33)19-28)26-3-5-27(6-4-26)31(39)36-14-9-24(10-15-36)13-18-38/h3,7-8,19-21,24-25,27,38H,2,4-6,9-18,22H2,1H3. The van der Waals surface area contributed by atoms with Gasteiger partial charge >= 0.3 is 0 Å². The van der Waals surface area contributed by atoms with E-state index in [0.29, 0.717) is 42.6 Å². The fourth-order valence-corrected chi connectivity index (χ4v) is 6.24. The van der Waals surface area contributed by atoms with Crippen molar-refractivity contribution >= 4 is 17.4 Å². The van der Waals surface area contributed by atoms with Crippen molar-refractivity contribution in [2.75, 3.05) is 44.3 Å². The molecule has 1 aromatic carbocycles. The minimum absolute atomic E-state index is 0.0162. The number of piperidine rings is 2. The summed E-state index contributed by atoms with van der Waals surface area (Å²) in [5, 5.41) is 9.16. The lowest BCUT2D eigenvalue weighted by atomic mass is 9.85. The van der Waals surface area contributed by atoms with E-state index in [0.717, 1.165) is 88.2 Å². The zero-order chi connectivity index (χ0) is 27.9. The fourth-order valence-electron chi connectivity index (χ4n) is 6.24. The quantitative estimate of drug-likeness (QED) is 0.458. The van der Waals surface area contributed by atoms with E-state index in [2.05, 4.69) is 27.9 Å². The fraction of sp³-hybridized carbons (Fsp3) is 0.594.